The number of rotatable bonds is 4. The van der Waals surface area contributed by atoms with Crippen molar-refractivity contribution in [3.8, 4) is 11.4 Å². The van der Waals surface area contributed by atoms with Crippen LogP contribution in [0.4, 0.5) is 0 Å². The summed E-state index contributed by atoms with van der Waals surface area (Å²) in [7, 11) is 3.08. The van der Waals surface area contributed by atoms with Crippen LogP contribution in [0.25, 0.3) is 22.6 Å². The molecule has 1 aromatic carbocycles. The van der Waals surface area contributed by atoms with Crippen LogP contribution in [0.1, 0.15) is 18.3 Å². The zero-order valence-corrected chi connectivity index (χ0v) is 17.9. The lowest BCUT2D eigenvalue weighted by molar-refractivity contribution is -0.117. The second-order valence-electron chi connectivity index (χ2n) is 7.18. The molecule has 4 rings (SSSR count). The van der Waals surface area contributed by atoms with Crippen LogP contribution in [0.3, 0.4) is 0 Å². The van der Waals surface area contributed by atoms with E-state index >= 15 is 0 Å². The van der Waals surface area contributed by atoms with E-state index in [1.54, 1.807) is 29.7 Å². The number of benzene rings is 1. The average molecular weight is 430 g/mol. The number of ether oxygens (including phenoxy) is 1. The molecule has 0 aliphatic rings. The van der Waals surface area contributed by atoms with Gasteiger partial charge in [-0.2, -0.15) is 4.98 Å². The molecule has 0 amide bonds. The van der Waals surface area contributed by atoms with Crippen LogP contribution in [-0.4, -0.2) is 36.0 Å². The van der Waals surface area contributed by atoms with Crippen LogP contribution in [0.2, 0.25) is 5.02 Å². The Balaban J connectivity index is 2.21. The Kier molecular flexibility index (Phi) is 4.58. The van der Waals surface area contributed by atoms with Crippen molar-refractivity contribution in [3.63, 3.8) is 0 Å². The number of Topliss-reactive ketones (excluding diaryl/α,β-unsaturated/α-hetero) is 1. The molecule has 3 heterocycles. The van der Waals surface area contributed by atoms with Crippen molar-refractivity contribution in [1.82, 2.24) is 23.1 Å². The highest BCUT2D eigenvalue weighted by Crippen LogP contribution is 2.31. The molecule has 10 heteroatoms. The second-order valence-corrected chi connectivity index (χ2v) is 7.61. The molecule has 0 aliphatic heterocycles. The van der Waals surface area contributed by atoms with E-state index in [-0.39, 0.29) is 23.5 Å². The lowest BCUT2D eigenvalue weighted by Crippen LogP contribution is -2.40. The van der Waals surface area contributed by atoms with Crippen molar-refractivity contribution in [3.05, 3.63) is 55.4 Å². The zero-order valence-electron chi connectivity index (χ0n) is 17.2. The molecule has 4 aromatic rings. The number of aryl methyl sites for hydroxylation is 2. The van der Waals surface area contributed by atoms with Gasteiger partial charge in [0.15, 0.2) is 11.2 Å². The van der Waals surface area contributed by atoms with Gasteiger partial charge in [0.1, 0.15) is 11.5 Å². The van der Waals surface area contributed by atoms with Gasteiger partial charge in [-0.15, -0.1) is 0 Å². The van der Waals surface area contributed by atoms with Gasteiger partial charge in [-0.1, -0.05) is 11.6 Å². The van der Waals surface area contributed by atoms with Crippen LogP contribution in [0.5, 0.6) is 5.75 Å². The van der Waals surface area contributed by atoms with E-state index in [0.29, 0.717) is 22.2 Å². The van der Waals surface area contributed by atoms with Crippen molar-refractivity contribution < 1.29 is 9.53 Å². The smallest absolute Gasteiger partial charge is 0.332 e. The molecule has 3 aromatic heterocycles. The van der Waals surface area contributed by atoms with Gasteiger partial charge in [0.25, 0.3) is 5.56 Å². The van der Waals surface area contributed by atoms with Crippen LogP contribution in [-0.2, 0) is 18.4 Å². The number of ketones is 1. The first-order valence-corrected chi connectivity index (χ1v) is 9.58. The Morgan fingerprint density at radius 2 is 1.90 bits per heavy atom. The summed E-state index contributed by atoms with van der Waals surface area (Å²) in [4.78, 5) is 42.1. The summed E-state index contributed by atoms with van der Waals surface area (Å²) >= 11 is 6.23. The van der Waals surface area contributed by atoms with Crippen molar-refractivity contribution >= 4 is 34.3 Å². The monoisotopic (exact) mass is 429 g/mol. The molecule has 0 unspecified atom stereocenters. The number of carbonyl (C=O) groups excluding carboxylic acids is 1. The maximum Gasteiger partial charge on any atom is 0.332 e. The number of aromatic nitrogens is 5. The zero-order chi connectivity index (χ0) is 21.9. The Morgan fingerprint density at radius 1 is 1.20 bits per heavy atom. The first kappa shape index (κ1) is 20.0. The molecule has 0 N–H and O–H groups in total. The number of carbonyl (C=O) groups is 1. The summed E-state index contributed by atoms with van der Waals surface area (Å²) < 4.78 is 11.2. The summed E-state index contributed by atoms with van der Waals surface area (Å²) in [6.07, 6.45) is 0. The third kappa shape index (κ3) is 2.69. The number of halogens is 1. The van der Waals surface area contributed by atoms with Crippen molar-refractivity contribution in [1.29, 1.82) is 0 Å². The van der Waals surface area contributed by atoms with Gasteiger partial charge in [0.2, 0.25) is 5.78 Å². The maximum absolute atomic E-state index is 13.2. The van der Waals surface area contributed by atoms with Gasteiger partial charge in [-0.3, -0.25) is 27.7 Å². The van der Waals surface area contributed by atoms with Crippen LogP contribution in [0.15, 0.2) is 27.8 Å². The van der Waals surface area contributed by atoms with Crippen LogP contribution in [0, 0.1) is 13.8 Å². The summed E-state index contributed by atoms with van der Waals surface area (Å²) in [5.74, 6) is 0.728. The fourth-order valence-corrected chi connectivity index (χ4v) is 3.91. The second kappa shape index (κ2) is 6.88. The molecule has 0 radical (unpaired) electrons. The van der Waals surface area contributed by atoms with Gasteiger partial charge in [-0.25, -0.2) is 4.79 Å². The molecule has 0 spiro atoms. The minimum absolute atomic E-state index is 0.230. The van der Waals surface area contributed by atoms with E-state index in [4.69, 9.17) is 16.3 Å². The summed E-state index contributed by atoms with van der Waals surface area (Å²) in [5, 5.41) is 0.516. The number of hydrogen-bond donors (Lipinski definition) is 0. The van der Waals surface area contributed by atoms with E-state index in [9.17, 15) is 14.4 Å². The minimum Gasteiger partial charge on any atom is -0.495 e. The highest BCUT2D eigenvalue weighted by atomic mass is 35.5. The van der Waals surface area contributed by atoms with Crippen molar-refractivity contribution in [2.45, 2.75) is 27.3 Å². The lowest BCUT2D eigenvalue weighted by atomic mass is 10.2. The molecule has 0 fully saturated rings. The van der Waals surface area contributed by atoms with E-state index in [0.717, 1.165) is 16.0 Å². The van der Waals surface area contributed by atoms with E-state index < -0.39 is 11.2 Å². The van der Waals surface area contributed by atoms with Gasteiger partial charge >= 0.3 is 5.69 Å². The Hall–Kier alpha value is -3.33. The molecule has 0 saturated carbocycles. The molecule has 30 heavy (non-hydrogen) atoms. The summed E-state index contributed by atoms with van der Waals surface area (Å²) in [6, 6.07) is 5.22. The fourth-order valence-electron chi connectivity index (χ4n) is 3.74. The van der Waals surface area contributed by atoms with Crippen LogP contribution >= 0.6 is 11.6 Å². The molecular formula is C20H20ClN5O4. The lowest BCUT2D eigenvalue weighted by Gasteiger charge is -2.12. The van der Waals surface area contributed by atoms with Gasteiger partial charge in [0.05, 0.1) is 19.3 Å². The number of methoxy groups -OCH3 is 1. The van der Waals surface area contributed by atoms with E-state index in [2.05, 4.69) is 4.98 Å². The molecular weight excluding hydrogens is 410 g/mol. The third-order valence-electron chi connectivity index (χ3n) is 5.28. The summed E-state index contributed by atoms with van der Waals surface area (Å²) in [6.45, 7) is 4.79. The van der Waals surface area contributed by atoms with Crippen LogP contribution < -0.4 is 16.0 Å². The predicted molar refractivity (Wildman–Crippen MR) is 113 cm³/mol. The highest BCUT2D eigenvalue weighted by Gasteiger charge is 2.24. The van der Waals surface area contributed by atoms with E-state index in [1.807, 2.05) is 18.4 Å². The standard InChI is InChI=1S/C20H20ClN5O4/c1-10(27)9-24-18(28)16-17(23(4)20(24)29)22-19-25(11(2)12(3)26(16)19)14-8-13(21)6-7-15(14)30-5/h6-8H,9H2,1-5H3. The predicted octanol–water partition coefficient (Wildman–Crippen LogP) is 2.01. The normalized spacial score (nSPS) is 11.5. The number of imidazole rings is 2. The Bertz CT molecular complexity index is 1470. The molecule has 9 nitrogen and oxygen atoms in total. The van der Waals surface area contributed by atoms with Gasteiger partial charge < -0.3 is 4.74 Å². The summed E-state index contributed by atoms with van der Waals surface area (Å²) in [5.41, 5.74) is 1.56. The number of hydrogen-bond acceptors (Lipinski definition) is 5. The first-order valence-electron chi connectivity index (χ1n) is 9.20. The van der Waals surface area contributed by atoms with Gasteiger partial charge in [-0.05, 0) is 39.0 Å². The Morgan fingerprint density at radius 3 is 2.53 bits per heavy atom. The van der Waals surface area contributed by atoms with Gasteiger partial charge in [0, 0.05) is 23.5 Å². The molecule has 0 saturated heterocycles. The minimum atomic E-state index is -0.593. The first-order chi connectivity index (χ1) is 14.2. The molecule has 0 aliphatic carbocycles. The largest absolute Gasteiger partial charge is 0.495 e. The fraction of sp³-hybridized carbons (Fsp3) is 0.300. The molecule has 156 valence electrons. The highest BCUT2D eigenvalue weighted by molar-refractivity contribution is 6.30. The molecule has 0 bridgehead atoms. The quantitative estimate of drug-likeness (QED) is 0.494. The Labute approximate surface area is 175 Å². The van der Waals surface area contributed by atoms with E-state index in [1.165, 1.54) is 18.5 Å². The van der Waals surface area contributed by atoms with Crippen molar-refractivity contribution in [2.24, 2.45) is 7.05 Å². The topological polar surface area (TPSA) is 92.5 Å². The average Bonchev–Trinajstić information content (AvgIpc) is 3.19. The number of fused-ring (bicyclic) bond motifs is 3. The maximum atomic E-state index is 13.2. The number of nitrogens with zero attached hydrogens (tertiary/aromatic N) is 5. The SMILES string of the molecule is COc1ccc(Cl)cc1-n1c(C)c(C)n2c3c(=O)n(CC(C)=O)c(=O)n(C)c3nc12. The third-order valence-corrected chi connectivity index (χ3v) is 5.52. The van der Waals surface area contributed by atoms with Crippen molar-refractivity contribution in [2.75, 3.05) is 7.11 Å². The molecule has 0 atom stereocenters.